The van der Waals surface area contributed by atoms with E-state index in [0.29, 0.717) is 13.1 Å². The fraction of sp³-hybridized carbons (Fsp3) is 0.476. The summed E-state index contributed by atoms with van der Waals surface area (Å²) in [7, 11) is 0. The molecule has 7 nitrogen and oxygen atoms in total. The first-order valence-electron chi connectivity index (χ1n) is 9.68. The lowest BCUT2D eigenvalue weighted by molar-refractivity contribution is -0.106. The van der Waals surface area contributed by atoms with Gasteiger partial charge in [-0.1, -0.05) is 13.0 Å². The molecule has 0 unspecified atom stereocenters. The molecule has 0 aliphatic carbocycles. The van der Waals surface area contributed by atoms with Crippen molar-refractivity contribution in [2.75, 3.05) is 25.0 Å². The van der Waals surface area contributed by atoms with Crippen LogP contribution < -0.4 is 5.32 Å². The van der Waals surface area contributed by atoms with Crippen LogP contribution in [-0.2, 0) is 16.0 Å². The Morgan fingerprint density at radius 3 is 2.75 bits per heavy atom. The number of ether oxygens (including phenoxy) is 1. The summed E-state index contributed by atoms with van der Waals surface area (Å²) in [5, 5.41) is 3.15. The average molecular weight is 384 g/mol. The molecule has 1 N–H and O–H groups in total. The van der Waals surface area contributed by atoms with Gasteiger partial charge in [-0.25, -0.2) is 9.78 Å². The maximum Gasteiger partial charge on any atom is 0.410 e. The molecule has 0 radical (unpaired) electrons. The van der Waals surface area contributed by atoms with Gasteiger partial charge in [0.05, 0.1) is 12.2 Å². The maximum absolute atomic E-state index is 12.2. The third-order valence-corrected chi connectivity index (χ3v) is 4.61. The molecule has 0 aromatic carbocycles. The van der Waals surface area contributed by atoms with Gasteiger partial charge < -0.3 is 19.7 Å². The van der Waals surface area contributed by atoms with E-state index >= 15 is 0 Å². The van der Waals surface area contributed by atoms with E-state index in [4.69, 9.17) is 4.74 Å². The molecule has 3 heterocycles. The summed E-state index contributed by atoms with van der Waals surface area (Å²) < 4.78 is 7.45. The van der Waals surface area contributed by atoms with Crippen molar-refractivity contribution in [2.45, 2.75) is 46.1 Å². The largest absolute Gasteiger partial charge is 0.444 e. The number of nitrogens with zero attached hydrogens (tertiary/aromatic N) is 3. The van der Waals surface area contributed by atoms with Crippen LogP contribution >= 0.6 is 0 Å². The molecule has 2 aromatic heterocycles. The molecule has 1 aliphatic heterocycles. The number of anilines is 1. The molecule has 1 aliphatic rings. The molecule has 0 spiro atoms. The number of hydrogen-bond acceptors (Lipinski definition) is 5. The summed E-state index contributed by atoms with van der Waals surface area (Å²) in [5.74, 6) is 0.859. The van der Waals surface area contributed by atoms with Crippen LogP contribution in [0.2, 0.25) is 0 Å². The van der Waals surface area contributed by atoms with Crippen LogP contribution in [0.15, 0.2) is 24.4 Å². The first kappa shape index (κ1) is 19.9. The number of hydrogen-bond donors (Lipinski definition) is 1. The Labute approximate surface area is 165 Å². The number of aryl methyl sites for hydroxylation is 1. The van der Waals surface area contributed by atoms with Gasteiger partial charge in [-0.15, -0.1) is 0 Å². The number of pyridine rings is 1. The summed E-state index contributed by atoms with van der Waals surface area (Å²) in [4.78, 5) is 29.4. The van der Waals surface area contributed by atoms with Gasteiger partial charge in [0.15, 0.2) is 0 Å². The zero-order valence-corrected chi connectivity index (χ0v) is 17.0. The van der Waals surface area contributed by atoms with E-state index in [1.165, 1.54) is 5.57 Å². The molecule has 0 bridgehead atoms. The highest BCUT2D eigenvalue weighted by Crippen LogP contribution is 2.26. The van der Waals surface area contributed by atoms with E-state index in [1.54, 1.807) is 4.90 Å². The Morgan fingerprint density at radius 2 is 2.14 bits per heavy atom. The average Bonchev–Trinajstić information content (AvgIpc) is 3.02. The minimum Gasteiger partial charge on any atom is -0.444 e. The zero-order chi connectivity index (χ0) is 20.3. The molecular weight excluding hydrogens is 356 g/mol. The minimum atomic E-state index is -0.491. The van der Waals surface area contributed by atoms with Crippen LogP contribution in [0.4, 0.5) is 10.6 Å². The summed E-state index contributed by atoms with van der Waals surface area (Å²) in [5.41, 5.74) is 3.57. The van der Waals surface area contributed by atoms with E-state index in [2.05, 4.69) is 22.4 Å². The highest BCUT2D eigenvalue weighted by Gasteiger charge is 2.24. The van der Waals surface area contributed by atoms with Gasteiger partial charge in [-0.05, 0) is 56.9 Å². The maximum atomic E-state index is 12.2. The van der Waals surface area contributed by atoms with Crippen molar-refractivity contribution in [3.8, 4) is 0 Å². The number of rotatable bonds is 5. The summed E-state index contributed by atoms with van der Waals surface area (Å²) >= 11 is 0. The van der Waals surface area contributed by atoms with Gasteiger partial charge >= 0.3 is 6.09 Å². The normalized spacial score (nSPS) is 14.7. The highest BCUT2D eigenvalue weighted by molar-refractivity contribution is 5.73. The second kappa shape index (κ2) is 8.04. The lowest BCUT2D eigenvalue weighted by atomic mass is 10.0. The van der Waals surface area contributed by atoms with E-state index in [0.717, 1.165) is 41.9 Å². The lowest BCUT2D eigenvalue weighted by Crippen LogP contribution is -2.39. The van der Waals surface area contributed by atoms with Gasteiger partial charge in [0.2, 0.25) is 0 Å². The molecule has 0 atom stereocenters. The fourth-order valence-corrected chi connectivity index (χ4v) is 3.28. The number of aldehydes is 1. The first-order chi connectivity index (χ1) is 13.3. The Balaban J connectivity index is 1.82. The van der Waals surface area contributed by atoms with Gasteiger partial charge in [0.25, 0.3) is 0 Å². The van der Waals surface area contributed by atoms with Crippen LogP contribution in [-0.4, -0.2) is 51.9 Å². The number of fused-ring (bicyclic) bond motifs is 1. The molecule has 28 heavy (non-hydrogen) atoms. The number of amides is 1. The van der Waals surface area contributed by atoms with E-state index in [9.17, 15) is 9.59 Å². The SMILES string of the molecule is CCc1nc2ccc(C3=CCN(C(=O)OC(C)(C)C)CC3)cn2c1NCC=O. The molecule has 0 saturated carbocycles. The van der Waals surface area contributed by atoms with Crippen molar-refractivity contribution < 1.29 is 14.3 Å². The van der Waals surface area contributed by atoms with Crippen molar-refractivity contribution in [1.29, 1.82) is 0 Å². The second-order valence-electron chi connectivity index (χ2n) is 7.86. The molecule has 0 saturated heterocycles. The Hall–Kier alpha value is -2.83. The molecule has 2 aromatic rings. The zero-order valence-electron chi connectivity index (χ0n) is 17.0. The van der Waals surface area contributed by atoms with Crippen molar-refractivity contribution in [3.63, 3.8) is 0 Å². The molecule has 7 heteroatoms. The topological polar surface area (TPSA) is 75.9 Å². The first-order valence-corrected chi connectivity index (χ1v) is 9.68. The molecule has 0 fully saturated rings. The number of nitrogens with one attached hydrogen (secondary N) is 1. The molecule has 150 valence electrons. The van der Waals surface area contributed by atoms with Gasteiger partial charge in [0.1, 0.15) is 23.4 Å². The van der Waals surface area contributed by atoms with Crippen LogP contribution in [0.5, 0.6) is 0 Å². The summed E-state index contributed by atoms with van der Waals surface area (Å²) in [6, 6.07) is 4.04. The van der Waals surface area contributed by atoms with E-state index in [1.807, 2.05) is 44.4 Å². The quantitative estimate of drug-likeness (QED) is 0.798. The third kappa shape index (κ3) is 4.35. The van der Waals surface area contributed by atoms with Crippen LogP contribution in [0, 0.1) is 0 Å². The minimum absolute atomic E-state index is 0.249. The van der Waals surface area contributed by atoms with E-state index < -0.39 is 5.60 Å². The number of carbonyl (C=O) groups excluding carboxylic acids is 2. The van der Waals surface area contributed by atoms with Crippen LogP contribution in [0.3, 0.4) is 0 Å². The van der Waals surface area contributed by atoms with Gasteiger partial charge in [-0.3, -0.25) is 4.40 Å². The number of aromatic nitrogens is 2. The van der Waals surface area contributed by atoms with Gasteiger partial charge in [-0.2, -0.15) is 0 Å². The monoisotopic (exact) mass is 384 g/mol. The number of imidazole rings is 1. The van der Waals surface area contributed by atoms with E-state index in [-0.39, 0.29) is 12.6 Å². The van der Waals surface area contributed by atoms with Crippen LogP contribution in [0.1, 0.15) is 45.4 Å². The Bertz CT molecular complexity index is 908. The predicted octanol–water partition coefficient (Wildman–Crippen LogP) is 3.53. The van der Waals surface area contributed by atoms with Crippen molar-refractivity contribution in [2.24, 2.45) is 0 Å². The molecule has 1 amide bonds. The Morgan fingerprint density at radius 1 is 1.36 bits per heavy atom. The molecule has 3 rings (SSSR count). The highest BCUT2D eigenvalue weighted by atomic mass is 16.6. The van der Waals surface area contributed by atoms with Gasteiger partial charge in [0, 0.05) is 19.3 Å². The van der Waals surface area contributed by atoms with Crippen molar-refractivity contribution in [1.82, 2.24) is 14.3 Å². The smallest absolute Gasteiger partial charge is 0.410 e. The van der Waals surface area contributed by atoms with Crippen molar-refractivity contribution in [3.05, 3.63) is 35.7 Å². The fourth-order valence-electron chi connectivity index (χ4n) is 3.28. The third-order valence-electron chi connectivity index (χ3n) is 4.61. The molecular formula is C21H28N4O3. The summed E-state index contributed by atoms with van der Waals surface area (Å²) in [6.07, 6.45) is 6.23. The second-order valence-corrected chi connectivity index (χ2v) is 7.86. The Kier molecular flexibility index (Phi) is 5.72. The number of carbonyl (C=O) groups is 2. The van der Waals surface area contributed by atoms with Crippen LogP contribution in [0.25, 0.3) is 11.2 Å². The summed E-state index contributed by atoms with van der Waals surface area (Å²) in [6.45, 7) is 9.07. The van der Waals surface area contributed by atoms with Crippen molar-refractivity contribution >= 4 is 29.4 Å². The standard InChI is InChI=1S/C21H28N4O3/c1-5-17-19(22-10-13-26)25-14-16(6-7-18(25)23-17)15-8-11-24(12-9-15)20(27)28-21(2,3)4/h6-8,13-14,22H,5,9-12H2,1-4H3. The predicted molar refractivity (Wildman–Crippen MR) is 110 cm³/mol. The lowest BCUT2D eigenvalue weighted by Gasteiger charge is -2.29.